The van der Waals surface area contributed by atoms with Gasteiger partial charge in [0, 0.05) is 20.1 Å². The predicted molar refractivity (Wildman–Crippen MR) is 100 cm³/mol. The van der Waals surface area contributed by atoms with Gasteiger partial charge in [-0.2, -0.15) is 0 Å². The molecule has 7 heteroatoms. The lowest BCUT2D eigenvalue weighted by atomic mass is 10.0. The summed E-state index contributed by atoms with van der Waals surface area (Å²) in [6.45, 7) is 8.96. The molecule has 146 valence electrons. The molecule has 1 fully saturated rings. The van der Waals surface area contributed by atoms with Crippen LogP contribution in [0.25, 0.3) is 11.3 Å². The fraction of sp³-hybridized carbons (Fsp3) is 0.550. The number of amides is 1. The third kappa shape index (κ3) is 3.89. The van der Waals surface area contributed by atoms with E-state index in [0.29, 0.717) is 19.7 Å². The Morgan fingerprint density at radius 2 is 2.19 bits per heavy atom. The fourth-order valence-electron chi connectivity index (χ4n) is 3.24. The lowest BCUT2D eigenvalue weighted by Gasteiger charge is -2.36. The van der Waals surface area contributed by atoms with Gasteiger partial charge in [0.1, 0.15) is 17.5 Å². The minimum Gasteiger partial charge on any atom is -0.369 e. The van der Waals surface area contributed by atoms with Crippen LogP contribution in [0.4, 0.5) is 0 Å². The lowest BCUT2D eigenvalue weighted by Crippen LogP contribution is -2.51. The molecule has 1 atom stereocenters. The Morgan fingerprint density at radius 1 is 1.41 bits per heavy atom. The molecule has 1 aliphatic rings. The number of rotatable bonds is 5. The van der Waals surface area contributed by atoms with Gasteiger partial charge in [-0.15, -0.1) is 0 Å². The SMILES string of the molecule is CCc1onc(C)c1-c1cccc([C@H]2CN(C(=O)C(C)(C)OC)CCO2)n1. The van der Waals surface area contributed by atoms with Gasteiger partial charge in [-0.25, -0.2) is 4.98 Å². The number of ether oxygens (including phenoxy) is 2. The number of hydrogen-bond donors (Lipinski definition) is 0. The summed E-state index contributed by atoms with van der Waals surface area (Å²) in [7, 11) is 1.55. The molecule has 0 aromatic carbocycles. The van der Waals surface area contributed by atoms with Crippen molar-refractivity contribution in [2.24, 2.45) is 0 Å². The van der Waals surface area contributed by atoms with E-state index in [9.17, 15) is 4.79 Å². The number of aromatic nitrogens is 2. The van der Waals surface area contributed by atoms with Gasteiger partial charge < -0.3 is 18.9 Å². The van der Waals surface area contributed by atoms with E-state index < -0.39 is 5.60 Å². The molecule has 0 aliphatic carbocycles. The molecule has 1 saturated heterocycles. The normalized spacial score (nSPS) is 18.0. The van der Waals surface area contributed by atoms with Gasteiger partial charge in [-0.1, -0.05) is 18.1 Å². The van der Waals surface area contributed by atoms with E-state index in [0.717, 1.165) is 34.8 Å². The zero-order chi connectivity index (χ0) is 19.6. The van der Waals surface area contributed by atoms with Crippen LogP contribution in [0.2, 0.25) is 0 Å². The first-order valence-electron chi connectivity index (χ1n) is 9.26. The van der Waals surface area contributed by atoms with E-state index in [-0.39, 0.29) is 12.0 Å². The van der Waals surface area contributed by atoms with Crippen molar-refractivity contribution >= 4 is 5.91 Å². The van der Waals surface area contributed by atoms with Gasteiger partial charge >= 0.3 is 0 Å². The predicted octanol–water partition coefficient (Wildman–Crippen LogP) is 2.93. The molecule has 1 amide bonds. The Labute approximate surface area is 159 Å². The number of carbonyl (C=O) groups excluding carboxylic acids is 1. The quantitative estimate of drug-likeness (QED) is 0.802. The van der Waals surface area contributed by atoms with Crippen molar-refractivity contribution in [1.82, 2.24) is 15.0 Å². The number of pyridine rings is 1. The largest absolute Gasteiger partial charge is 0.369 e. The molecule has 0 saturated carbocycles. The van der Waals surface area contributed by atoms with Gasteiger partial charge in [0.05, 0.1) is 35.8 Å². The number of carbonyl (C=O) groups is 1. The Morgan fingerprint density at radius 3 is 2.89 bits per heavy atom. The number of morpholine rings is 1. The highest BCUT2D eigenvalue weighted by Gasteiger charge is 2.35. The Balaban J connectivity index is 1.85. The second-order valence-corrected chi connectivity index (χ2v) is 7.19. The monoisotopic (exact) mass is 373 g/mol. The highest BCUT2D eigenvalue weighted by atomic mass is 16.5. The molecule has 27 heavy (non-hydrogen) atoms. The van der Waals surface area contributed by atoms with Crippen LogP contribution in [0.15, 0.2) is 22.7 Å². The van der Waals surface area contributed by atoms with Crippen LogP contribution < -0.4 is 0 Å². The average Bonchev–Trinajstić information content (AvgIpc) is 3.08. The van der Waals surface area contributed by atoms with Crippen LogP contribution in [0, 0.1) is 6.92 Å². The summed E-state index contributed by atoms with van der Waals surface area (Å²) in [5, 5.41) is 4.06. The van der Waals surface area contributed by atoms with Crippen molar-refractivity contribution < 1.29 is 18.8 Å². The summed E-state index contributed by atoms with van der Waals surface area (Å²) in [5.41, 5.74) is 2.51. The molecule has 0 N–H and O–H groups in total. The summed E-state index contributed by atoms with van der Waals surface area (Å²) in [4.78, 5) is 19.3. The first-order chi connectivity index (χ1) is 12.9. The first kappa shape index (κ1) is 19.5. The Hall–Kier alpha value is -2.25. The van der Waals surface area contributed by atoms with E-state index in [2.05, 4.69) is 5.16 Å². The minimum atomic E-state index is -0.854. The smallest absolute Gasteiger partial charge is 0.254 e. The standard InChI is InChI=1S/C20H27N3O4/c1-6-16-18(13(2)22-27-16)15-9-7-8-14(21-15)17-12-23(10-11-26-17)19(24)20(3,4)25-5/h7-9,17H,6,10-12H2,1-5H3/t17-/m1/s1. The van der Waals surface area contributed by atoms with Crippen molar-refractivity contribution in [3.8, 4) is 11.3 Å². The van der Waals surface area contributed by atoms with Gasteiger partial charge in [0.15, 0.2) is 0 Å². The van der Waals surface area contributed by atoms with E-state index >= 15 is 0 Å². The lowest BCUT2D eigenvalue weighted by molar-refractivity contribution is -0.158. The second kappa shape index (κ2) is 7.78. The third-order valence-corrected chi connectivity index (χ3v) is 4.99. The van der Waals surface area contributed by atoms with Crippen molar-refractivity contribution in [3.05, 3.63) is 35.3 Å². The van der Waals surface area contributed by atoms with Crippen LogP contribution >= 0.6 is 0 Å². The molecule has 0 bridgehead atoms. The average molecular weight is 373 g/mol. The minimum absolute atomic E-state index is 0.0439. The van der Waals surface area contributed by atoms with Crippen molar-refractivity contribution in [2.45, 2.75) is 45.8 Å². The zero-order valence-electron chi connectivity index (χ0n) is 16.6. The number of nitrogens with zero attached hydrogens (tertiary/aromatic N) is 3. The summed E-state index contributed by atoms with van der Waals surface area (Å²) in [6.07, 6.45) is 0.469. The van der Waals surface area contributed by atoms with Gasteiger partial charge in [-0.05, 0) is 32.9 Å². The van der Waals surface area contributed by atoms with Gasteiger partial charge in [0.2, 0.25) is 0 Å². The molecule has 7 nitrogen and oxygen atoms in total. The highest BCUT2D eigenvalue weighted by molar-refractivity contribution is 5.84. The molecule has 2 aromatic rings. The molecular formula is C20H27N3O4. The molecule has 2 aromatic heterocycles. The van der Waals surface area contributed by atoms with Crippen molar-refractivity contribution in [1.29, 1.82) is 0 Å². The Bertz CT molecular complexity index is 815. The maximum Gasteiger partial charge on any atom is 0.254 e. The van der Waals surface area contributed by atoms with Crippen LogP contribution in [-0.4, -0.2) is 53.4 Å². The van der Waals surface area contributed by atoms with Crippen LogP contribution in [0.3, 0.4) is 0 Å². The number of hydrogen-bond acceptors (Lipinski definition) is 6. The Kier molecular flexibility index (Phi) is 5.62. The highest BCUT2D eigenvalue weighted by Crippen LogP contribution is 2.29. The maximum absolute atomic E-state index is 12.7. The number of methoxy groups -OCH3 is 1. The fourth-order valence-corrected chi connectivity index (χ4v) is 3.24. The van der Waals surface area contributed by atoms with Crippen LogP contribution in [0.5, 0.6) is 0 Å². The topological polar surface area (TPSA) is 77.7 Å². The molecule has 0 unspecified atom stereocenters. The summed E-state index contributed by atoms with van der Waals surface area (Å²) in [5.74, 6) is 0.776. The van der Waals surface area contributed by atoms with E-state index in [1.54, 1.807) is 25.9 Å². The van der Waals surface area contributed by atoms with Gasteiger partial charge in [-0.3, -0.25) is 4.79 Å². The van der Waals surface area contributed by atoms with E-state index in [1.807, 2.05) is 32.0 Å². The van der Waals surface area contributed by atoms with E-state index in [1.165, 1.54) is 0 Å². The first-order valence-corrected chi connectivity index (χ1v) is 9.26. The van der Waals surface area contributed by atoms with Gasteiger partial charge in [0.25, 0.3) is 5.91 Å². The van der Waals surface area contributed by atoms with Crippen molar-refractivity contribution in [2.75, 3.05) is 26.8 Å². The molecular weight excluding hydrogens is 346 g/mol. The molecule has 0 spiro atoms. The van der Waals surface area contributed by atoms with E-state index in [4.69, 9.17) is 19.0 Å². The maximum atomic E-state index is 12.7. The molecule has 1 aliphatic heterocycles. The summed E-state index contributed by atoms with van der Waals surface area (Å²) in [6, 6.07) is 5.83. The van der Waals surface area contributed by atoms with Crippen LogP contribution in [-0.2, 0) is 20.7 Å². The number of aryl methyl sites for hydroxylation is 2. The molecule has 0 radical (unpaired) electrons. The molecule has 3 rings (SSSR count). The second-order valence-electron chi connectivity index (χ2n) is 7.19. The van der Waals surface area contributed by atoms with Crippen molar-refractivity contribution in [3.63, 3.8) is 0 Å². The third-order valence-electron chi connectivity index (χ3n) is 4.99. The summed E-state index contributed by atoms with van der Waals surface area (Å²) < 4.78 is 16.6. The summed E-state index contributed by atoms with van der Waals surface area (Å²) >= 11 is 0. The zero-order valence-corrected chi connectivity index (χ0v) is 16.6. The molecule has 3 heterocycles. The van der Waals surface area contributed by atoms with Crippen LogP contribution in [0.1, 0.15) is 44.0 Å².